The molecule has 3 aliphatic heterocycles. The van der Waals surface area contributed by atoms with E-state index in [9.17, 15) is 61.0 Å². The number of rotatable bonds is 8. The maximum atomic E-state index is 14.2. The molecule has 1 aromatic heterocycles. The molecule has 3 fully saturated rings. The Balaban J connectivity index is 1.41. The monoisotopic (exact) mass is 740 g/mol. The fourth-order valence-corrected chi connectivity index (χ4v) is 6.17. The molecule has 3 saturated heterocycles. The third kappa shape index (κ3) is 7.03. The summed E-state index contributed by atoms with van der Waals surface area (Å²) in [4.78, 5) is 14.2. The van der Waals surface area contributed by atoms with E-state index in [0.717, 1.165) is 12.1 Å². The van der Waals surface area contributed by atoms with Gasteiger partial charge >= 0.3 is 0 Å². The van der Waals surface area contributed by atoms with Crippen molar-refractivity contribution in [2.45, 2.75) is 106 Å². The Labute approximate surface area is 293 Å². The maximum Gasteiger partial charge on any atom is 0.239 e. The molecule has 19 nitrogen and oxygen atoms in total. The summed E-state index contributed by atoms with van der Waals surface area (Å²) in [6.45, 7) is 1.97. The fourth-order valence-electron chi connectivity index (χ4n) is 6.17. The first-order chi connectivity index (χ1) is 24.6. The van der Waals surface area contributed by atoms with Gasteiger partial charge in [0.05, 0.1) is 18.8 Å². The molecule has 286 valence electrons. The zero-order chi connectivity index (χ0) is 37.8. The van der Waals surface area contributed by atoms with Crippen molar-refractivity contribution in [3.63, 3.8) is 0 Å². The zero-order valence-corrected chi connectivity index (χ0v) is 27.5. The van der Waals surface area contributed by atoms with Crippen LogP contribution in [0.25, 0.3) is 22.3 Å². The third-order valence-corrected chi connectivity index (χ3v) is 9.25. The highest BCUT2D eigenvalue weighted by atomic mass is 16.8. The Kier molecular flexibility index (Phi) is 11.0. The van der Waals surface area contributed by atoms with Gasteiger partial charge in [0.1, 0.15) is 83.2 Å². The largest absolute Gasteiger partial charge is 0.508 e. The van der Waals surface area contributed by atoms with Crippen LogP contribution in [0, 0.1) is 0 Å². The summed E-state index contributed by atoms with van der Waals surface area (Å²) in [6, 6.07) is 7.36. The number of benzene rings is 2. The Hall–Kier alpha value is -3.67. The second kappa shape index (κ2) is 15.0. The van der Waals surface area contributed by atoms with E-state index in [1.165, 1.54) is 38.1 Å². The lowest BCUT2D eigenvalue weighted by atomic mass is 9.97. The minimum Gasteiger partial charge on any atom is -0.508 e. The van der Waals surface area contributed by atoms with Crippen LogP contribution < -0.4 is 14.9 Å². The number of aromatic hydroxyl groups is 2. The molecule has 0 aliphatic carbocycles. The van der Waals surface area contributed by atoms with Crippen LogP contribution in [0.1, 0.15) is 13.8 Å². The van der Waals surface area contributed by atoms with E-state index in [4.69, 9.17) is 32.8 Å². The third-order valence-electron chi connectivity index (χ3n) is 9.25. The van der Waals surface area contributed by atoms with Crippen LogP contribution in [0.3, 0.4) is 0 Å². The SMILES string of the molecule is C[C@@H]1O[C@@H](O[C@@H]2[C@H](Oc3c(-c4ccc(O)cc4)oc4cc(O[C@@H]5O[C@@H](C)[C@H](O)[C@H](O)[C@H]5O)cc(O)c4c3=O)O[C@H](CO)[C@@H](O)[C@@H]2O)[C@@H](O)[C@H](O)[C@H]1O. The predicted octanol–water partition coefficient (Wildman–Crippen LogP) is -2.89. The average molecular weight is 741 g/mol. The number of fused-ring (bicyclic) bond motifs is 1. The molecule has 3 aliphatic rings. The lowest BCUT2D eigenvalue weighted by molar-refractivity contribution is -0.354. The molecule has 0 amide bonds. The summed E-state index contributed by atoms with van der Waals surface area (Å²) in [7, 11) is 0. The standard InChI is InChI=1S/C33H40O19/c1-10-19(37)23(41)26(44)31(46-10)48-14-7-15(36)18-16(8-14)49-28(12-3-5-13(35)6-4-12)29(22(18)40)51-33-30(25(43)21(39)17(9-34)50-33)52-32-27(45)24(42)20(38)11(2)47-32/h3-8,10-11,17,19-21,23-27,30-39,41-45H,9H2,1-2H3/t10-,11-,17+,19-,20-,21+,23-,24+,25-,26+,27-,30-,31-,32-,33-/m0/s1. The number of phenols is 2. The Morgan fingerprint density at radius 2 is 1.27 bits per heavy atom. The van der Waals surface area contributed by atoms with E-state index in [-0.39, 0.29) is 28.4 Å². The molecule has 0 radical (unpaired) electrons. The van der Waals surface area contributed by atoms with E-state index in [1.807, 2.05) is 0 Å². The molecule has 19 heteroatoms. The molecule has 0 spiro atoms. The van der Waals surface area contributed by atoms with Crippen LogP contribution in [-0.4, -0.2) is 155 Å². The van der Waals surface area contributed by atoms with Gasteiger partial charge < -0.3 is 89.0 Å². The summed E-state index contributed by atoms with van der Waals surface area (Å²) in [5.74, 6) is -2.07. The quantitative estimate of drug-likeness (QED) is 0.110. The van der Waals surface area contributed by atoms with Gasteiger partial charge in [-0.3, -0.25) is 4.79 Å². The summed E-state index contributed by atoms with van der Waals surface area (Å²) >= 11 is 0. The average Bonchev–Trinajstić information content (AvgIpc) is 3.11. The van der Waals surface area contributed by atoms with E-state index in [2.05, 4.69) is 0 Å². The first kappa shape index (κ1) is 38.1. The van der Waals surface area contributed by atoms with E-state index < -0.39 is 121 Å². The number of aliphatic hydroxyl groups excluding tert-OH is 9. The minimum absolute atomic E-state index is 0.124. The van der Waals surface area contributed by atoms with Gasteiger partial charge in [0.25, 0.3) is 0 Å². The Morgan fingerprint density at radius 1 is 0.673 bits per heavy atom. The van der Waals surface area contributed by atoms with Crippen LogP contribution in [0.15, 0.2) is 45.6 Å². The van der Waals surface area contributed by atoms with Gasteiger partial charge in [-0.25, -0.2) is 0 Å². The lowest BCUT2D eigenvalue weighted by Gasteiger charge is -2.45. The second-order valence-electron chi connectivity index (χ2n) is 12.9. The highest BCUT2D eigenvalue weighted by molar-refractivity contribution is 5.88. The van der Waals surface area contributed by atoms with Crippen molar-refractivity contribution >= 4 is 11.0 Å². The molecule has 6 rings (SSSR count). The topological polar surface area (TPSA) is 308 Å². The van der Waals surface area contributed by atoms with Crippen molar-refractivity contribution in [2.75, 3.05) is 6.61 Å². The van der Waals surface area contributed by atoms with Crippen LogP contribution in [0.2, 0.25) is 0 Å². The maximum absolute atomic E-state index is 14.2. The fraction of sp³-hybridized carbons (Fsp3) is 0.545. The van der Waals surface area contributed by atoms with Crippen molar-refractivity contribution in [2.24, 2.45) is 0 Å². The summed E-state index contributed by atoms with van der Waals surface area (Å²) in [6.07, 6.45) is -24.1. The van der Waals surface area contributed by atoms with Gasteiger partial charge in [0.15, 0.2) is 18.2 Å². The molecule has 11 N–H and O–H groups in total. The zero-order valence-electron chi connectivity index (χ0n) is 27.5. The van der Waals surface area contributed by atoms with Crippen molar-refractivity contribution in [1.29, 1.82) is 0 Å². The number of phenolic OH excluding ortho intramolecular Hbond substituents is 2. The van der Waals surface area contributed by atoms with Crippen LogP contribution in [0.5, 0.6) is 23.0 Å². The Bertz CT molecular complexity index is 1770. The van der Waals surface area contributed by atoms with Crippen molar-refractivity contribution in [3.8, 4) is 34.3 Å². The van der Waals surface area contributed by atoms with Crippen molar-refractivity contribution in [3.05, 3.63) is 46.6 Å². The van der Waals surface area contributed by atoms with Gasteiger partial charge in [0.2, 0.25) is 23.8 Å². The molecule has 4 heterocycles. The van der Waals surface area contributed by atoms with Crippen molar-refractivity contribution in [1.82, 2.24) is 0 Å². The minimum atomic E-state index is -1.93. The Morgan fingerprint density at radius 3 is 1.88 bits per heavy atom. The van der Waals surface area contributed by atoms with Gasteiger partial charge in [0, 0.05) is 17.7 Å². The van der Waals surface area contributed by atoms with E-state index >= 15 is 0 Å². The van der Waals surface area contributed by atoms with Crippen LogP contribution >= 0.6 is 0 Å². The van der Waals surface area contributed by atoms with Gasteiger partial charge in [-0.05, 0) is 38.1 Å². The molecule has 3 aromatic rings. The lowest BCUT2D eigenvalue weighted by Crippen LogP contribution is -2.64. The summed E-state index contributed by atoms with van der Waals surface area (Å²) < 4.78 is 40.1. The molecule has 52 heavy (non-hydrogen) atoms. The van der Waals surface area contributed by atoms with Gasteiger partial charge in [-0.15, -0.1) is 0 Å². The highest BCUT2D eigenvalue weighted by Crippen LogP contribution is 2.39. The number of aliphatic hydroxyl groups is 9. The van der Waals surface area contributed by atoms with E-state index in [0.29, 0.717) is 0 Å². The normalized spacial score (nSPS) is 38.2. The molecule has 0 unspecified atom stereocenters. The summed E-state index contributed by atoms with van der Waals surface area (Å²) in [5.41, 5.74) is -1.20. The first-order valence-corrected chi connectivity index (χ1v) is 16.2. The molecular weight excluding hydrogens is 700 g/mol. The van der Waals surface area contributed by atoms with E-state index in [1.54, 1.807) is 0 Å². The van der Waals surface area contributed by atoms with Crippen molar-refractivity contribution < 1.29 is 89.0 Å². The molecular formula is C33H40O19. The summed E-state index contributed by atoms with van der Waals surface area (Å²) in [5, 5.41) is 114. The molecule has 15 atom stereocenters. The highest BCUT2D eigenvalue weighted by Gasteiger charge is 2.51. The number of ether oxygens (including phenoxy) is 6. The van der Waals surface area contributed by atoms with Gasteiger partial charge in [-0.2, -0.15) is 0 Å². The predicted molar refractivity (Wildman–Crippen MR) is 170 cm³/mol. The smallest absolute Gasteiger partial charge is 0.239 e. The number of hydrogen-bond acceptors (Lipinski definition) is 19. The molecule has 0 bridgehead atoms. The molecule has 0 saturated carbocycles. The second-order valence-corrected chi connectivity index (χ2v) is 12.9. The molecule has 2 aromatic carbocycles. The first-order valence-electron chi connectivity index (χ1n) is 16.2. The van der Waals surface area contributed by atoms with Crippen LogP contribution in [-0.2, 0) is 18.9 Å². The van der Waals surface area contributed by atoms with Gasteiger partial charge in [-0.1, -0.05) is 0 Å². The number of hydrogen-bond donors (Lipinski definition) is 11. The van der Waals surface area contributed by atoms with Crippen LogP contribution in [0.4, 0.5) is 0 Å².